The fourth-order valence-corrected chi connectivity index (χ4v) is 4.04. The molecule has 1 aliphatic heterocycles. The molecule has 2 aromatic carbocycles. The molecule has 5 heteroatoms. The minimum Gasteiger partial charge on any atom is -0.368 e. The average molecular weight is 383 g/mol. The fourth-order valence-electron chi connectivity index (χ4n) is 3.15. The number of hydrogen-bond acceptors (Lipinski definition) is 4. The zero-order valence-corrected chi connectivity index (χ0v) is 16.8. The first kappa shape index (κ1) is 19.5. The molecule has 27 heavy (non-hydrogen) atoms. The summed E-state index contributed by atoms with van der Waals surface area (Å²) < 4.78 is 0. The van der Waals surface area contributed by atoms with Crippen molar-refractivity contribution in [3.63, 3.8) is 0 Å². The minimum atomic E-state index is 0.0834. The highest BCUT2D eigenvalue weighted by atomic mass is 32.2. The van der Waals surface area contributed by atoms with Gasteiger partial charge in [0, 0.05) is 43.2 Å². The number of piperazine rings is 1. The second-order valence-electron chi connectivity index (χ2n) is 6.95. The van der Waals surface area contributed by atoms with Gasteiger partial charge in [-0.3, -0.25) is 9.59 Å². The Hall–Kier alpha value is -2.27. The lowest BCUT2D eigenvalue weighted by Crippen LogP contribution is -2.49. The molecular formula is C22H26N2O2S. The number of carbonyl (C=O) groups is 2. The maximum absolute atomic E-state index is 12.5. The Bertz CT molecular complexity index is 779. The molecule has 0 N–H and O–H groups in total. The topological polar surface area (TPSA) is 40.6 Å². The van der Waals surface area contributed by atoms with Gasteiger partial charge in [-0.1, -0.05) is 29.8 Å². The van der Waals surface area contributed by atoms with Crippen molar-refractivity contribution in [3.05, 3.63) is 65.2 Å². The Kier molecular flexibility index (Phi) is 6.56. The van der Waals surface area contributed by atoms with E-state index < -0.39 is 0 Å². The maximum Gasteiger partial charge on any atom is 0.232 e. The monoisotopic (exact) mass is 382 g/mol. The smallest absolute Gasteiger partial charge is 0.232 e. The number of anilines is 1. The molecule has 1 fully saturated rings. The van der Waals surface area contributed by atoms with Crippen LogP contribution in [0.15, 0.2) is 48.5 Å². The van der Waals surface area contributed by atoms with E-state index in [-0.39, 0.29) is 11.7 Å². The van der Waals surface area contributed by atoms with Crippen molar-refractivity contribution in [2.24, 2.45) is 0 Å². The molecule has 4 nitrogen and oxygen atoms in total. The van der Waals surface area contributed by atoms with Gasteiger partial charge >= 0.3 is 0 Å². The van der Waals surface area contributed by atoms with Crippen molar-refractivity contribution in [1.29, 1.82) is 0 Å². The van der Waals surface area contributed by atoms with Crippen LogP contribution >= 0.6 is 11.8 Å². The van der Waals surface area contributed by atoms with Crippen LogP contribution in [0.2, 0.25) is 0 Å². The molecule has 0 aromatic heterocycles. The fraction of sp³-hybridized carbons (Fsp3) is 0.364. The number of aryl methyl sites for hydroxylation is 1. The molecule has 1 saturated heterocycles. The van der Waals surface area contributed by atoms with Gasteiger partial charge in [0.1, 0.15) is 0 Å². The van der Waals surface area contributed by atoms with Gasteiger partial charge in [0.15, 0.2) is 5.78 Å². The zero-order valence-electron chi connectivity index (χ0n) is 16.0. The summed E-state index contributed by atoms with van der Waals surface area (Å²) in [4.78, 5) is 28.1. The normalized spacial score (nSPS) is 14.3. The van der Waals surface area contributed by atoms with Crippen molar-refractivity contribution >= 4 is 29.1 Å². The van der Waals surface area contributed by atoms with E-state index in [1.54, 1.807) is 18.7 Å². The lowest BCUT2D eigenvalue weighted by molar-refractivity contribution is -0.128. The number of thioether (sulfide) groups is 1. The molecule has 1 aliphatic rings. The summed E-state index contributed by atoms with van der Waals surface area (Å²) >= 11 is 1.68. The van der Waals surface area contributed by atoms with Crippen molar-refractivity contribution in [1.82, 2.24) is 4.90 Å². The minimum absolute atomic E-state index is 0.0834. The van der Waals surface area contributed by atoms with Gasteiger partial charge in [-0.2, -0.15) is 0 Å². The molecule has 0 radical (unpaired) electrons. The predicted molar refractivity (Wildman–Crippen MR) is 113 cm³/mol. The highest BCUT2D eigenvalue weighted by Gasteiger charge is 2.21. The largest absolute Gasteiger partial charge is 0.368 e. The quantitative estimate of drug-likeness (QED) is 0.713. The van der Waals surface area contributed by atoms with Crippen LogP contribution in [0.4, 0.5) is 5.69 Å². The highest BCUT2D eigenvalue weighted by molar-refractivity contribution is 7.99. The summed E-state index contributed by atoms with van der Waals surface area (Å²) in [6, 6.07) is 16.2. The third-order valence-corrected chi connectivity index (χ3v) is 5.87. The summed E-state index contributed by atoms with van der Waals surface area (Å²) in [5.74, 6) is 1.70. The predicted octanol–water partition coefficient (Wildman–Crippen LogP) is 3.78. The number of benzene rings is 2. The molecule has 0 spiro atoms. The maximum atomic E-state index is 12.5. The number of rotatable bonds is 6. The number of ketones is 1. The molecule has 142 valence electrons. The molecule has 1 heterocycles. The van der Waals surface area contributed by atoms with E-state index in [1.165, 1.54) is 11.1 Å². The Morgan fingerprint density at radius 3 is 2.15 bits per heavy atom. The second kappa shape index (κ2) is 9.09. The van der Waals surface area contributed by atoms with Gasteiger partial charge in [-0.15, -0.1) is 11.8 Å². The standard InChI is InChI=1S/C22H26N2O2S/c1-17-3-5-19(6-4-17)15-27-16-22(26)24-13-11-23(12-14-24)21-9-7-20(8-10-21)18(2)25/h3-10H,11-16H2,1-2H3. The molecule has 3 rings (SSSR count). The summed E-state index contributed by atoms with van der Waals surface area (Å²) in [6.07, 6.45) is 0. The van der Waals surface area contributed by atoms with Gasteiger partial charge in [0.25, 0.3) is 0 Å². The van der Waals surface area contributed by atoms with Gasteiger partial charge in [-0.05, 0) is 43.7 Å². The number of Topliss-reactive ketones (excluding diaryl/α,β-unsaturated/α-hetero) is 1. The van der Waals surface area contributed by atoms with Gasteiger partial charge < -0.3 is 9.80 Å². The van der Waals surface area contributed by atoms with Crippen molar-refractivity contribution in [3.8, 4) is 0 Å². The van der Waals surface area contributed by atoms with Crippen molar-refractivity contribution in [2.75, 3.05) is 36.8 Å². The molecule has 0 unspecified atom stereocenters. The number of amides is 1. The Balaban J connectivity index is 1.43. The Labute approximate surface area is 165 Å². The van der Waals surface area contributed by atoms with Crippen LogP contribution in [-0.2, 0) is 10.5 Å². The van der Waals surface area contributed by atoms with Crippen LogP contribution in [0.3, 0.4) is 0 Å². The van der Waals surface area contributed by atoms with Crippen molar-refractivity contribution < 1.29 is 9.59 Å². The van der Waals surface area contributed by atoms with Crippen LogP contribution in [0, 0.1) is 6.92 Å². The zero-order chi connectivity index (χ0) is 19.2. The molecule has 2 aromatic rings. The first-order chi connectivity index (χ1) is 13.0. The SMILES string of the molecule is CC(=O)c1ccc(N2CCN(C(=O)CSCc3ccc(C)cc3)CC2)cc1. The van der Waals surface area contributed by atoms with E-state index in [9.17, 15) is 9.59 Å². The molecule has 1 amide bonds. The first-order valence-corrected chi connectivity index (χ1v) is 10.5. The first-order valence-electron chi connectivity index (χ1n) is 9.30. The van der Waals surface area contributed by atoms with E-state index in [4.69, 9.17) is 0 Å². The molecular weight excluding hydrogens is 356 g/mol. The highest BCUT2D eigenvalue weighted by Crippen LogP contribution is 2.19. The van der Waals surface area contributed by atoms with Gasteiger partial charge in [-0.25, -0.2) is 0 Å². The Morgan fingerprint density at radius 2 is 1.56 bits per heavy atom. The van der Waals surface area contributed by atoms with E-state index in [1.807, 2.05) is 29.2 Å². The van der Waals surface area contributed by atoms with Crippen LogP contribution in [0.25, 0.3) is 0 Å². The third kappa shape index (κ3) is 5.36. The van der Waals surface area contributed by atoms with Crippen LogP contribution < -0.4 is 4.90 Å². The summed E-state index contributed by atoms with van der Waals surface area (Å²) in [5.41, 5.74) is 4.37. The third-order valence-electron chi connectivity index (χ3n) is 4.89. The van der Waals surface area contributed by atoms with Crippen molar-refractivity contribution in [2.45, 2.75) is 19.6 Å². The average Bonchev–Trinajstić information content (AvgIpc) is 2.69. The lowest BCUT2D eigenvalue weighted by atomic mass is 10.1. The van der Waals surface area contributed by atoms with Crippen LogP contribution in [0.5, 0.6) is 0 Å². The van der Waals surface area contributed by atoms with Crippen LogP contribution in [-0.4, -0.2) is 48.5 Å². The summed E-state index contributed by atoms with van der Waals surface area (Å²) in [5, 5.41) is 0. The molecule has 0 atom stereocenters. The van der Waals surface area contributed by atoms with E-state index >= 15 is 0 Å². The Morgan fingerprint density at radius 1 is 0.926 bits per heavy atom. The summed E-state index contributed by atoms with van der Waals surface area (Å²) in [7, 11) is 0. The van der Waals surface area contributed by atoms with E-state index in [0.29, 0.717) is 5.75 Å². The van der Waals surface area contributed by atoms with Gasteiger partial charge in [0.05, 0.1) is 5.75 Å². The van der Waals surface area contributed by atoms with Gasteiger partial charge in [0.2, 0.25) is 5.91 Å². The van der Waals surface area contributed by atoms with Crippen LogP contribution in [0.1, 0.15) is 28.4 Å². The number of nitrogens with zero attached hydrogens (tertiary/aromatic N) is 2. The lowest BCUT2D eigenvalue weighted by Gasteiger charge is -2.36. The van der Waals surface area contributed by atoms with E-state index in [0.717, 1.165) is 43.2 Å². The molecule has 0 bridgehead atoms. The second-order valence-corrected chi connectivity index (χ2v) is 7.93. The molecule has 0 aliphatic carbocycles. The molecule has 0 saturated carbocycles. The number of carbonyl (C=O) groups excluding carboxylic acids is 2. The summed E-state index contributed by atoms with van der Waals surface area (Å²) in [6.45, 7) is 6.81. The number of hydrogen-bond donors (Lipinski definition) is 0. The van der Waals surface area contributed by atoms with E-state index in [2.05, 4.69) is 36.1 Å².